The molecule has 0 N–H and O–H groups in total. The van der Waals surface area contributed by atoms with Crippen molar-refractivity contribution >= 4 is 114 Å². The second-order valence-electron chi connectivity index (χ2n) is 16.9. The van der Waals surface area contributed by atoms with Crippen LogP contribution < -0.4 is 4.90 Å². The normalized spacial score (nSPS) is 12.0. The molecule has 304 valence electrons. The zero-order valence-electron chi connectivity index (χ0n) is 35.0. The van der Waals surface area contributed by atoms with Crippen LogP contribution >= 0.6 is 11.3 Å². The predicted octanol–water partition coefficient (Wildman–Crippen LogP) is 17.3. The van der Waals surface area contributed by atoms with Crippen molar-refractivity contribution in [3.63, 3.8) is 0 Å². The monoisotopic (exact) mass is 847 g/mol. The van der Waals surface area contributed by atoms with Gasteiger partial charge in [0.05, 0.1) is 22.1 Å². The molecule has 0 fully saturated rings. The number of nitrogens with zero attached hydrogens (tertiary/aromatic N) is 3. The van der Waals surface area contributed by atoms with Gasteiger partial charge in [0.1, 0.15) is 11.2 Å². The highest BCUT2D eigenvalue weighted by Gasteiger charge is 2.22. The fourth-order valence-corrected chi connectivity index (χ4v) is 11.6. The number of anilines is 3. The molecule has 0 aliphatic carbocycles. The van der Waals surface area contributed by atoms with Crippen LogP contribution in [0.2, 0.25) is 0 Å². The van der Waals surface area contributed by atoms with Gasteiger partial charge in [-0.3, -0.25) is 0 Å². The first kappa shape index (κ1) is 36.1. The minimum absolute atomic E-state index is 0.887. The van der Waals surface area contributed by atoms with Crippen LogP contribution in [0.25, 0.3) is 108 Å². The molecule has 0 saturated heterocycles. The summed E-state index contributed by atoms with van der Waals surface area (Å²) in [6, 6.07) is 81.5. The molecule has 0 unspecified atom stereocenters. The lowest BCUT2D eigenvalue weighted by Crippen LogP contribution is -2.10. The van der Waals surface area contributed by atoms with Gasteiger partial charge in [-0.2, -0.15) is 0 Å². The molecule has 65 heavy (non-hydrogen) atoms. The number of hydrogen-bond acceptors (Lipinski definition) is 3. The molecule has 4 nitrogen and oxygen atoms in total. The standard InChI is InChI=1S/C60H37N3OS/c1-3-14-39(15-4-1)62-53-23-10-7-18-45(53)49-34-42(30-32-54(49)62)61(41-28-26-38(27-29-41)44-21-13-22-48-47-20-9-12-25-59(47)65-60(44)48)43-31-33-55-50(35-43)51-37-58-52(46-19-8-11-24-57(46)64-58)36-56(51)63(55)40-16-5-2-6-17-40/h1-37H. The van der Waals surface area contributed by atoms with Gasteiger partial charge < -0.3 is 18.5 Å². The molecule has 10 aromatic carbocycles. The highest BCUT2D eigenvalue weighted by Crippen LogP contribution is 2.45. The van der Waals surface area contributed by atoms with Gasteiger partial charge in [-0.25, -0.2) is 0 Å². The zero-order chi connectivity index (χ0) is 42.6. The summed E-state index contributed by atoms with van der Waals surface area (Å²) in [4.78, 5) is 2.42. The number of furan rings is 1. The quantitative estimate of drug-likeness (QED) is 0.167. The lowest BCUT2D eigenvalue weighted by atomic mass is 10.0. The Morgan fingerprint density at radius 1 is 0.338 bits per heavy atom. The second kappa shape index (κ2) is 14.1. The van der Waals surface area contributed by atoms with Crippen LogP contribution in [0.5, 0.6) is 0 Å². The van der Waals surface area contributed by atoms with Gasteiger partial charge >= 0.3 is 0 Å². The van der Waals surface area contributed by atoms with Crippen molar-refractivity contribution in [3.8, 4) is 22.5 Å². The molecule has 0 bridgehead atoms. The molecule has 0 radical (unpaired) electrons. The minimum Gasteiger partial charge on any atom is -0.456 e. The molecule has 0 aliphatic heterocycles. The summed E-state index contributed by atoms with van der Waals surface area (Å²) in [7, 11) is 0. The van der Waals surface area contributed by atoms with Crippen LogP contribution in [0.15, 0.2) is 229 Å². The minimum atomic E-state index is 0.887. The average molecular weight is 848 g/mol. The number of aromatic nitrogens is 2. The van der Waals surface area contributed by atoms with E-state index in [2.05, 4.69) is 232 Å². The average Bonchev–Trinajstić information content (AvgIpc) is 4.11. The fraction of sp³-hybridized carbons (Fsp3) is 0. The molecule has 14 rings (SSSR count). The van der Waals surface area contributed by atoms with E-state index in [4.69, 9.17) is 4.42 Å². The summed E-state index contributed by atoms with van der Waals surface area (Å²) in [5.41, 5.74) is 14.4. The Kier molecular flexibility index (Phi) is 7.82. The maximum Gasteiger partial charge on any atom is 0.136 e. The van der Waals surface area contributed by atoms with Gasteiger partial charge in [0.15, 0.2) is 0 Å². The summed E-state index contributed by atoms with van der Waals surface area (Å²) in [5, 5.41) is 9.58. The highest BCUT2D eigenvalue weighted by atomic mass is 32.1. The lowest BCUT2D eigenvalue weighted by molar-refractivity contribution is 0.669. The summed E-state index contributed by atoms with van der Waals surface area (Å²) in [5.74, 6) is 0. The van der Waals surface area contributed by atoms with Crippen molar-refractivity contribution in [3.05, 3.63) is 224 Å². The number of rotatable bonds is 6. The Bertz CT molecular complexity index is 4170. The molecular formula is C60H37N3OS. The number of benzene rings is 10. The summed E-state index contributed by atoms with van der Waals surface area (Å²) in [6.07, 6.45) is 0. The van der Waals surface area contributed by atoms with Crippen molar-refractivity contribution in [2.45, 2.75) is 0 Å². The highest BCUT2D eigenvalue weighted by molar-refractivity contribution is 7.26. The van der Waals surface area contributed by atoms with Crippen LogP contribution in [0.4, 0.5) is 17.1 Å². The van der Waals surface area contributed by atoms with Crippen molar-refractivity contribution in [2.24, 2.45) is 0 Å². The summed E-state index contributed by atoms with van der Waals surface area (Å²) < 4.78 is 13.9. The smallest absolute Gasteiger partial charge is 0.136 e. The van der Waals surface area contributed by atoms with Crippen LogP contribution in [-0.2, 0) is 0 Å². The number of thiophene rings is 1. The molecule has 0 saturated carbocycles. The third-order valence-corrected chi connectivity index (χ3v) is 14.5. The van der Waals surface area contributed by atoms with E-state index >= 15 is 0 Å². The van der Waals surface area contributed by atoms with Gasteiger partial charge in [-0.05, 0) is 114 Å². The van der Waals surface area contributed by atoms with E-state index in [-0.39, 0.29) is 0 Å². The molecule has 4 aromatic heterocycles. The molecule has 5 heteroatoms. The number of fused-ring (bicyclic) bond motifs is 12. The summed E-state index contributed by atoms with van der Waals surface area (Å²) in [6.45, 7) is 0. The molecule has 4 heterocycles. The first-order valence-corrected chi connectivity index (χ1v) is 22.9. The predicted molar refractivity (Wildman–Crippen MR) is 275 cm³/mol. The molecule has 0 atom stereocenters. The van der Waals surface area contributed by atoms with E-state index in [1.165, 1.54) is 53.1 Å². The third kappa shape index (κ3) is 5.49. The Morgan fingerprint density at radius 2 is 0.892 bits per heavy atom. The summed E-state index contributed by atoms with van der Waals surface area (Å²) >= 11 is 1.87. The molecule has 14 aromatic rings. The van der Waals surface area contributed by atoms with Gasteiger partial charge in [-0.15, -0.1) is 11.3 Å². The van der Waals surface area contributed by atoms with Gasteiger partial charge in [0, 0.05) is 80.9 Å². The first-order valence-electron chi connectivity index (χ1n) is 22.1. The van der Waals surface area contributed by atoms with E-state index < -0.39 is 0 Å². The Balaban J connectivity index is 1.00. The fourth-order valence-electron chi connectivity index (χ4n) is 10.4. The van der Waals surface area contributed by atoms with Crippen molar-refractivity contribution in [1.82, 2.24) is 9.13 Å². The number of para-hydroxylation sites is 4. The topological polar surface area (TPSA) is 26.2 Å². The van der Waals surface area contributed by atoms with Crippen molar-refractivity contribution in [2.75, 3.05) is 4.90 Å². The van der Waals surface area contributed by atoms with Crippen LogP contribution in [0.1, 0.15) is 0 Å². The zero-order valence-corrected chi connectivity index (χ0v) is 35.8. The second-order valence-corrected chi connectivity index (χ2v) is 17.9. The van der Waals surface area contributed by atoms with E-state index in [1.807, 2.05) is 17.4 Å². The largest absolute Gasteiger partial charge is 0.456 e. The Morgan fingerprint density at radius 3 is 1.63 bits per heavy atom. The van der Waals surface area contributed by atoms with Crippen LogP contribution in [-0.4, -0.2) is 9.13 Å². The molecule has 0 amide bonds. The van der Waals surface area contributed by atoms with Crippen molar-refractivity contribution < 1.29 is 4.42 Å². The molecular weight excluding hydrogens is 811 g/mol. The Labute approximate surface area is 377 Å². The van der Waals surface area contributed by atoms with E-state index in [1.54, 1.807) is 0 Å². The molecule has 0 aliphatic rings. The van der Waals surface area contributed by atoms with Gasteiger partial charge in [0.25, 0.3) is 0 Å². The van der Waals surface area contributed by atoms with Gasteiger partial charge in [0.2, 0.25) is 0 Å². The molecule has 0 spiro atoms. The van der Waals surface area contributed by atoms with E-state index in [0.29, 0.717) is 0 Å². The van der Waals surface area contributed by atoms with Crippen molar-refractivity contribution in [1.29, 1.82) is 0 Å². The number of hydrogen-bond donors (Lipinski definition) is 0. The first-order chi connectivity index (χ1) is 32.2. The maximum atomic E-state index is 6.52. The third-order valence-electron chi connectivity index (χ3n) is 13.3. The maximum absolute atomic E-state index is 6.52. The van der Waals surface area contributed by atoms with E-state index in [9.17, 15) is 0 Å². The lowest BCUT2D eigenvalue weighted by Gasteiger charge is -2.26. The van der Waals surface area contributed by atoms with E-state index in [0.717, 1.165) is 72.2 Å². The van der Waals surface area contributed by atoms with Gasteiger partial charge in [-0.1, -0.05) is 121 Å². The van der Waals surface area contributed by atoms with Crippen LogP contribution in [0.3, 0.4) is 0 Å². The SMILES string of the molecule is c1ccc(-n2c3ccccc3c3cc(N(c4ccc(-c5cccc6c5sc5ccccc56)cc4)c4ccc5c(c4)c4cc6oc7ccccc7c6cc4n5-c4ccccc4)ccc32)cc1. The van der Waals surface area contributed by atoms with Crippen LogP contribution in [0, 0.1) is 0 Å². The Hall–Kier alpha value is -8.38.